The molecular weight excluding hydrogens is 368 g/mol. The molecule has 1 saturated heterocycles. The molecule has 0 aliphatic carbocycles. The van der Waals surface area contributed by atoms with E-state index in [9.17, 15) is 27.2 Å². The molecule has 5 nitrogen and oxygen atoms in total. The zero-order valence-electron chi connectivity index (χ0n) is 13.0. The summed E-state index contributed by atoms with van der Waals surface area (Å²) in [7, 11) is 0. The molecule has 140 valence electrons. The van der Waals surface area contributed by atoms with Gasteiger partial charge < -0.3 is 15.3 Å². The van der Waals surface area contributed by atoms with Gasteiger partial charge in [-0.3, -0.25) is 4.79 Å². The number of carbonyl (C=O) groups excluding carboxylic acids is 1. The van der Waals surface area contributed by atoms with Crippen molar-refractivity contribution in [3.8, 4) is 0 Å². The van der Waals surface area contributed by atoms with Crippen molar-refractivity contribution >= 4 is 24.3 Å². The van der Waals surface area contributed by atoms with E-state index in [2.05, 4.69) is 5.32 Å². The first-order valence-corrected chi connectivity index (χ1v) is 7.29. The summed E-state index contributed by atoms with van der Waals surface area (Å²) in [5.74, 6) is -2.05. The Kier molecular flexibility index (Phi) is 7.18. The molecule has 0 spiro atoms. The Morgan fingerprint density at radius 2 is 2.00 bits per heavy atom. The van der Waals surface area contributed by atoms with Gasteiger partial charge in [0.2, 0.25) is 0 Å². The van der Waals surface area contributed by atoms with Crippen molar-refractivity contribution in [2.24, 2.45) is 0 Å². The number of carbonyl (C=O) groups is 2. The summed E-state index contributed by atoms with van der Waals surface area (Å²) in [6, 6.07) is 1.85. The summed E-state index contributed by atoms with van der Waals surface area (Å²) >= 11 is 0. The lowest BCUT2D eigenvalue weighted by molar-refractivity contribution is -0.140. The van der Waals surface area contributed by atoms with Crippen LogP contribution in [-0.2, 0) is 6.18 Å². The van der Waals surface area contributed by atoms with Crippen LogP contribution in [0.1, 0.15) is 28.8 Å². The monoisotopic (exact) mass is 384 g/mol. The fourth-order valence-electron chi connectivity index (χ4n) is 2.57. The minimum absolute atomic E-state index is 0. The minimum atomic E-state index is -4.88. The average molecular weight is 385 g/mol. The number of ketones is 1. The van der Waals surface area contributed by atoms with Crippen molar-refractivity contribution in [3.05, 3.63) is 35.1 Å². The number of piperidine rings is 1. The van der Waals surface area contributed by atoms with Crippen LogP contribution in [0.5, 0.6) is 0 Å². The van der Waals surface area contributed by atoms with Gasteiger partial charge in [-0.25, -0.2) is 9.18 Å². The number of hydrogen-bond donors (Lipinski definition) is 2. The summed E-state index contributed by atoms with van der Waals surface area (Å²) in [4.78, 5) is 24.1. The third-order valence-electron chi connectivity index (χ3n) is 3.84. The summed E-state index contributed by atoms with van der Waals surface area (Å²) in [5, 5.41) is 11.8. The normalized spacial score (nSPS) is 17.8. The van der Waals surface area contributed by atoms with E-state index in [4.69, 9.17) is 5.11 Å². The molecule has 25 heavy (non-hydrogen) atoms. The van der Waals surface area contributed by atoms with E-state index < -0.39 is 29.4 Å². The number of nitrogens with zero attached hydrogens (tertiary/aromatic N) is 1. The molecule has 1 atom stereocenters. The van der Waals surface area contributed by atoms with Gasteiger partial charge in [0, 0.05) is 24.7 Å². The fraction of sp³-hybridized carbons (Fsp3) is 0.467. The third-order valence-corrected chi connectivity index (χ3v) is 3.84. The highest BCUT2D eigenvalue weighted by Crippen LogP contribution is 2.31. The third kappa shape index (κ3) is 5.57. The highest BCUT2D eigenvalue weighted by atomic mass is 35.5. The Morgan fingerprint density at radius 3 is 2.60 bits per heavy atom. The molecule has 0 unspecified atom stereocenters. The van der Waals surface area contributed by atoms with Crippen molar-refractivity contribution in [1.82, 2.24) is 10.2 Å². The van der Waals surface area contributed by atoms with Crippen molar-refractivity contribution < 1.29 is 32.3 Å². The molecule has 1 heterocycles. The number of carboxylic acid groups (broad SMARTS) is 1. The Bertz CT molecular complexity index is 640. The number of likely N-dealkylation sites (tertiary alicyclic amines) is 1. The van der Waals surface area contributed by atoms with Gasteiger partial charge in [0.15, 0.2) is 5.78 Å². The number of halogens is 5. The van der Waals surface area contributed by atoms with Crippen LogP contribution in [-0.4, -0.2) is 47.6 Å². The molecule has 2 N–H and O–H groups in total. The van der Waals surface area contributed by atoms with Crippen LogP contribution in [0.2, 0.25) is 0 Å². The van der Waals surface area contributed by atoms with Crippen molar-refractivity contribution in [1.29, 1.82) is 0 Å². The molecule has 2 rings (SSSR count). The van der Waals surface area contributed by atoms with Crippen molar-refractivity contribution in [2.45, 2.75) is 25.1 Å². The van der Waals surface area contributed by atoms with E-state index in [0.717, 1.165) is 6.07 Å². The van der Waals surface area contributed by atoms with Gasteiger partial charge in [-0.15, -0.1) is 12.4 Å². The van der Waals surface area contributed by atoms with Gasteiger partial charge in [-0.1, -0.05) is 0 Å². The van der Waals surface area contributed by atoms with Crippen molar-refractivity contribution in [3.63, 3.8) is 0 Å². The van der Waals surface area contributed by atoms with Gasteiger partial charge in [0.25, 0.3) is 0 Å². The van der Waals surface area contributed by atoms with Gasteiger partial charge in [0.1, 0.15) is 5.82 Å². The number of rotatable bonds is 4. The second-order valence-electron chi connectivity index (χ2n) is 5.56. The van der Waals surface area contributed by atoms with E-state index in [1.165, 1.54) is 4.90 Å². The van der Waals surface area contributed by atoms with E-state index in [1.54, 1.807) is 0 Å². The van der Waals surface area contributed by atoms with E-state index in [0.29, 0.717) is 31.5 Å². The molecule has 0 saturated carbocycles. The van der Waals surface area contributed by atoms with Crippen molar-refractivity contribution in [2.75, 3.05) is 19.6 Å². The van der Waals surface area contributed by atoms with Gasteiger partial charge in [0.05, 0.1) is 12.1 Å². The minimum Gasteiger partial charge on any atom is -0.465 e. The number of alkyl halides is 3. The Morgan fingerprint density at radius 1 is 1.32 bits per heavy atom. The number of amides is 1. The largest absolute Gasteiger partial charge is 0.465 e. The summed E-state index contributed by atoms with van der Waals surface area (Å²) in [5.41, 5.74) is -1.73. The molecule has 10 heteroatoms. The van der Waals surface area contributed by atoms with Crippen LogP contribution in [0.15, 0.2) is 18.2 Å². The average Bonchev–Trinajstić information content (AvgIpc) is 2.52. The summed E-state index contributed by atoms with van der Waals surface area (Å²) < 4.78 is 51.2. The number of hydrogen-bond acceptors (Lipinski definition) is 3. The van der Waals surface area contributed by atoms with E-state index in [-0.39, 0.29) is 37.1 Å². The smallest absolute Gasteiger partial charge is 0.419 e. The van der Waals surface area contributed by atoms with Gasteiger partial charge >= 0.3 is 12.3 Å². The van der Waals surface area contributed by atoms with Crippen LogP contribution >= 0.6 is 12.4 Å². The predicted octanol–water partition coefficient (Wildman–Crippen LogP) is 3.18. The number of benzene rings is 1. The summed E-state index contributed by atoms with van der Waals surface area (Å²) in [6.45, 7) is 0.370. The topological polar surface area (TPSA) is 69.6 Å². The molecule has 1 amide bonds. The molecule has 1 aliphatic rings. The lowest BCUT2D eigenvalue weighted by Gasteiger charge is -2.31. The second kappa shape index (κ2) is 8.48. The molecule has 1 aliphatic heterocycles. The van der Waals surface area contributed by atoms with Crippen LogP contribution < -0.4 is 5.32 Å². The fourth-order valence-corrected chi connectivity index (χ4v) is 2.57. The molecule has 0 bridgehead atoms. The molecule has 0 radical (unpaired) electrons. The van der Waals surface area contributed by atoms with Crippen LogP contribution in [0.3, 0.4) is 0 Å². The van der Waals surface area contributed by atoms with Crippen LogP contribution in [0.4, 0.5) is 22.4 Å². The highest BCUT2D eigenvalue weighted by Gasteiger charge is 2.34. The molecule has 0 aromatic heterocycles. The SMILES string of the molecule is Cl.O=C(CN[C@@H]1CCCN(C(=O)O)C1)c1ccc(F)c(C(F)(F)F)c1. The summed E-state index contributed by atoms with van der Waals surface area (Å²) in [6.07, 6.45) is -4.64. The molecular formula is C15H17ClF4N2O3. The zero-order valence-corrected chi connectivity index (χ0v) is 13.8. The number of nitrogens with one attached hydrogen (secondary N) is 1. The second-order valence-corrected chi connectivity index (χ2v) is 5.56. The Balaban J connectivity index is 0.00000312. The van der Waals surface area contributed by atoms with Gasteiger partial charge in [-0.2, -0.15) is 13.2 Å². The Hall–Kier alpha value is -1.87. The van der Waals surface area contributed by atoms with E-state index in [1.807, 2.05) is 0 Å². The van der Waals surface area contributed by atoms with Crippen LogP contribution in [0.25, 0.3) is 0 Å². The predicted molar refractivity (Wildman–Crippen MR) is 83.6 cm³/mol. The molecule has 1 fully saturated rings. The quantitative estimate of drug-likeness (QED) is 0.618. The number of Topliss-reactive ketones (excluding diaryl/α,β-unsaturated/α-hetero) is 1. The van der Waals surface area contributed by atoms with Crippen LogP contribution in [0, 0.1) is 5.82 Å². The zero-order chi connectivity index (χ0) is 17.9. The van der Waals surface area contributed by atoms with Gasteiger partial charge in [-0.05, 0) is 31.0 Å². The highest BCUT2D eigenvalue weighted by molar-refractivity contribution is 5.97. The lowest BCUT2D eigenvalue weighted by Crippen LogP contribution is -2.48. The maximum Gasteiger partial charge on any atom is 0.419 e. The van der Waals surface area contributed by atoms with E-state index >= 15 is 0 Å². The first-order chi connectivity index (χ1) is 11.2. The standard InChI is InChI=1S/C15H16F4N2O3.ClH/c16-12-4-3-9(6-11(12)15(17,18)19)13(22)7-20-10-2-1-5-21(8-10)14(23)24;/h3-4,6,10,20H,1-2,5,7-8H2,(H,23,24);1H/t10-;/m1./s1. The molecule has 1 aromatic rings. The maximum absolute atomic E-state index is 13.2. The molecule has 1 aromatic carbocycles. The Labute approximate surface area is 147 Å². The lowest BCUT2D eigenvalue weighted by atomic mass is 10.0. The maximum atomic E-state index is 13.2. The first kappa shape index (κ1) is 21.2. The first-order valence-electron chi connectivity index (χ1n) is 7.29.